The van der Waals surface area contributed by atoms with Crippen molar-refractivity contribution < 1.29 is 13.2 Å². The van der Waals surface area contributed by atoms with E-state index in [-0.39, 0.29) is 27.9 Å². The first-order valence-electron chi connectivity index (χ1n) is 11.2. The van der Waals surface area contributed by atoms with Crippen LogP contribution in [0.5, 0.6) is 0 Å². The Labute approximate surface area is 226 Å². The maximum Gasteiger partial charge on any atom is 0.238 e. The Morgan fingerprint density at radius 2 is 1.89 bits per heavy atom. The second-order valence-corrected chi connectivity index (χ2v) is 12.5. The lowest BCUT2D eigenvalue weighted by Gasteiger charge is -2.17. The number of ketones is 1. The van der Waals surface area contributed by atoms with Crippen LogP contribution >= 0.6 is 39.3 Å². The number of primary sulfonamides is 1. The summed E-state index contributed by atoms with van der Waals surface area (Å²) in [4.78, 5) is 12.7. The van der Waals surface area contributed by atoms with Crippen molar-refractivity contribution in [2.75, 3.05) is 5.75 Å². The average Bonchev–Trinajstić information content (AvgIpc) is 3.61. The van der Waals surface area contributed by atoms with E-state index < -0.39 is 10.0 Å². The fourth-order valence-corrected chi connectivity index (χ4v) is 6.54. The van der Waals surface area contributed by atoms with E-state index in [2.05, 4.69) is 57.3 Å². The number of thioether (sulfide) groups is 1. The third-order valence-electron chi connectivity index (χ3n) is 6.18. The topological polar surface area (TPSA) is 108 Å². The molecule has 1 saturated carbocycles. The maximum absolute atomic E-state index is 12.8. The van der Waals surface area contributed by atoms with Gasteiger partial charge in [-0.2, -0.15) is 0 Å². The molecule has 2 N–H and O–H groups in total. The number of aryl methyl sites for hydroxylation is 1. The number of hydrogen-bond acceptors (Lipinski definition) is 6. The molecule has 0 saturated heterocycles. The van der Waals surface area contributed by atoms with Crippen LogP contribution in [0, 0.1) is 6.92 Å². The molecular formula is C25H22BrClN4O3S2. The van der Waals surface area contributed by atoms with Gasteiger partial charge in [0, 0.05) is 16.8 Å². The minimum atomic E-state index is -3.86. The monoisotopic (exact) mass is 604 g/mol. The van der Waals surface area contributed by atoms with Crippen LogP contribution in [0.4, 0.5) is 0 Å². The first kappa shape index (κ1) is 25.4. The molecule has 11 heteroatoms. The molecule has 1 aliphatic rings. The van der Waals surface area contributed by atoms with Gasteiger partial charge in [0.15, 0.2) is 5.16 Å². The third-order valence-corrected chi connectivity index (χ3v) is 8.94. The Balaban J connectivity index is 1.40. The summed E-state index contributed by atoms with van der Waals surface area (Å²) in [6, 6.07) is 14.7. The predicted molar refractivity (Wildman–Crippen MR) is 146 cm³/mol. The van der Waals surface area contributed by atoms with Crippen LogP contribution in [0.3, 0.4) is 0 Å². The lowest BCUT2D eigenvalue weighted by Crippen LogP contribution is -2.13. The van der Waals surface area contributed by atoms with Gasteiger partial charge >= 0.3 is 0 Å². The minimum absolute atomic E-state index is 0.0596. The molecule has 0 amide bonds. The summed E-state index contributed by atoms with van der Waals surface area (Å²) in [5.74, 6) is 0.682. The van der Waals surface area contributed by atoms with E-state index >= 15 is 0 Å². The number of nitrogens with two attached hydrogens (primary N) is 1. The number of fused-ring (bicyclic) bond motifs is 1. The number of rotatable bonds is 8. The summed E-state index contributed by atoms with van der Waals surface area (Å²) in [5.41, 5.74) is 4.02. The fraction of sp³-hybridized carbons (Fsp3) is 0.240. The Morgan fingerprint density at radius 1 is 1.17 bits per heavy atom. The third kappa shape index (κ3) is 5.10. The highest BCUT2D eigenvalue weighted by atomic mass is 79.9. The van der Waals surface area contributed by atoms with Gasteiger partial charge < -0.3 is 0 Å². The summed E-state index contributed by atoms with van der Waals surface area (Å²) in [6.45, 7) is 2.09. The van der Waals surface area contributed by atoms with Gasteiger partial charge in [-0.05, 0) is 75.8 Å². The highest BCUT2D eigenvalue weighted by Gasteiger charge is 2.27. The molecule has 1 aliphatic carbocycles. The Kier molecular flexibility index (Phi) is 6.99. The minimum Gasteiger partial charge on any atom is -0.298 e. The fourth-order valence-electron chi connectivity index (χ4n) is 4.35. The molecule has 4 aromatic rings. The number of sulfonamides is 1. The van der Waals surface area contributed by atoms with Crippen molar-refractivity contribution in [1.29, 1.82) is 0 Å². The van der Waals surface area contributed by atoms with Crippen molar-refractivity contribution in [3.05, 3.63) is 75.0 Å². The largest absolute Gasteiger partial charge is 0.298 e. The SMILES string of the molecule is Cc1cc(C2CC2)c2ccccc2c1-n1c(Br)nnc1SCC(=O)Cc1ccc(S(N)(=O)=O)cc1Cl. The zero-order valence-electron chi connectivity index (χ0n) is 19.2. The maximum atomic E-state index is 12.8. The van der Waals surface area contributed by atoms with Crippen LogP contribution in [-0.2, 0) is 21.2 Å². The Bertz CT molecular complexity index is 1620. The van der Waals surface area contributed by atoms with Gasteiger partial charge in [-0.1, -0.05) is 59.8 Å². The molecule has 0 bridgehead atoms. The van der Waals surface area contributed by atoms with E-state index in [0.29, 0.717) is 21.4 Å². The van der Waals surface area contributed by atoms with E-state index in [1.807, 2.05) is 10.6 Å². The van der Waals surface area contributed by atoms with Gasteiger partial charge in [0.05, 0.1) is 16.3 Å². The van der Waals surface area contributed by atoms with Crippen LogP contribution in [0.15, 0.2) is 63.3 Å². The van der Waals surface area contributed by atoms with Gasteiger partial charge in [-0.3, -0.25) is 9.36 Å². The van der Waals surface area contributed by atoms with Gasteiger partial charge in [0.1, 0.15) is 5.78 Å². The smallest absolute Gasteiger partial charge is 0.238 e. The second-order valence-electron chi connectivity index (χ2n) is 8.84. The van der Waals surface area contributed by atoms with Crippen molar-refractivity contribution in [2.24, 2.45) is 5.14 Å². The molecule has 3 aromatic carbocycles. The second kappa shape index (κ2) is 9.90. The number of benzene rings is 3. The number of carbonyl (C=O) groups is 1. The highest BCUT2D eigenvalue weighted by molar-refractivity contribution is 9.10. The summed E-state index contributed by atoms with van der Waals surface area (Å²) in [5, 5.41) is 16.8. The molecule has 186 valence electrons. The zero-order valence-corrected chi connectivity index (χ0v) is 23.2. The number of nitrogens with zero attached hydrogens (tertiary/aromatic N) is 3. The van der Waals surface area contributed by atoms with Gasteiger partial charge in [-0.25, -0.2) is 13.6 Å². The molecule has 0 aliphatic heterocycles. The van der Waals surface area contributed by atoms with Crippen molar-refractivity contribution in [3.8, 4) is 5.69 Å². The number of aromatic nitrogens is 3. The summed E-state index contributed by atoms with van der Waals surface area (Å²) in [7, 11) is -3.86. The average molecular weight is 606 g/mol. The molecule has 36 heavy (non-hydrogen) atoms. The lowest BCUT2D eigenvalue weighted by atomic mass is 9.96. The number of Topliss-reactive ketones (excluding diaryl/α,β-unsaturated/α-hetero) is 1. The molecule has 7 nitrogen and oxygen atoms in total. The quantitative estimate of drug-likeness (QED) is 0.263. The van der Waals surface area contributed by atoms with Crippen molar-refractivity contribution in [1.82, 2.24) is 14.8 Å². The van der Waals surface area contributed by atoms with Crippen molar-refractivity contribution >= 4 is 65.9 Å². The molecule has 0 atom stereocenters. The standard InChI is InChI=1S/C25H22BrClN4O3S2/c1-14-10-21(15-6-7-15)19-4-2-3-5-20(19)23(14)31-24(26)29-30-25(31)35-13-17(32)11-16-8-9-18(12-22(16)27)36(28,33)34/h2-5,8-10,12,15H,6-7,11,13H2,1H3,(H2,28,33,34). The summed E-state index contributed by atoms with van der Waals surface area (Å²) >= 11 is 11.0. The molecule has 0 unspecified atom stereocenters. The lowest BCUT2D eigenvalue weighted by molar-refractivity contribution is -0.116. The van der Waals surface area contributed by atoms with Crippen LogP contribution in [0.2, 0.25) is 5.02 Å². The molecular weight excluding hydrogens is 584 g/mol. The number of hydrogen-bond donors (Lipinski definition) is 1. The van der Waals surface area contributed by atoms with Crippen LogP contribution in [-0.4, -0.2) is 34.7 Å². The molecule has 1 aromatic heterocycles. The normalized spacial score (nSPS) is 13.9. The molecule has 1 heterocycles. The van der Waals surface area contributed by atoms with E-state index in [1.165, 1.54) is 53.8 Å². The first-order chi connectivity index (χ1) is 17.1. The number of halogens is 2. The van der Waals surface area contributed by atoms with Crippen LogP contribution in [0.25, 0.3) is 16.5 Å². The van der Waals surface area contributed by atoms with Crippen molar-refractivity contribution in [2.45, 2.75) is 42.2 Å². The van der Waals surface area contributed by atoms with Gasteiger partial charge in [0.2, 0.25) is 14.8 Å². The Morgan fingerprint density at radius 3 is 2.56 bits per heavy atom. The molecule has 5 rings (SSSR count). The Hall–Kier alpha value is -2.24. The molecule has 0 radical (unpaired) electrons. The summed E-state index contributed by atoms with van der Waals surface area (Å²) in [6.07, 6.45) is 2.50. The van der Waals surface area contributed by atoms with Gasteiger partial charge in [-0.15, -0.1) is 10.2 Å². The van der Waals surface area contributed by atoms with Crippen molar-refractivity contribution in [3.63, 3.8) is 0 Å². The summed E-state index contributed by atoms with van der Waals surface area (Å²) < 4.78 is 25.5. The van der Waals surface area contributed by atoms with Crippen LogP contribution < -0.4 is 5.14 Å². The van der Waals surface area contributed by atoms with E-state index in [0.717, 1.165) is 16.6 Å². The highest BCUT2D eigenvalue weighted by Crippen LogP contribution is 2.45. The van der Waals surface area contributed by atoms with Gasteiger partial charge in [0.25, 0.3) is 0 Å². The first-order valence-corrected chi connectivity index (χ1v) is 14.9. The number of carbonyl (C=O) groups excluding carboxylic acids is 1. The van der Waals surface area contributed by atoms with E-state index in [9.17, 15) is 13.2 Å². The molecule has 1 fully saturated rings. The van der Waals surface area contributed by atoms with E-state index in [1.54, 1.807) is 0 Å². The van der Waals surface area contributed by atoms with Crippen LogP contribution in [0.1, 0.15) is 35.4 Å². The molecule has 0 spiro atoms. The van der Waals surface area contributed by atoms with E-state index in [4.69, 9.17) is 16.7 Å². The zero-order chi connectivity index (χ0) is 25.6. The predicted octanol–water partition coefficient (Wildman–Crippen LogP) is 5.57.